The molecule has 0 saturated heterocycles. The maximum Gasteiger partial charge on any atom is 0.227 e. The fourth-order valence-electron chi connectivity index (χ4n) is 1.91. The van der Waals surface area contributed by atoms with Crippen molar-refractivity contribution in [1.82, 2.24) is 5.32 Å². The molecule has 4 nitrogen and oxygen atoms in total. The van der Waals surface area contributed by atoms with Crippen LogP contribution in [0.5, 0.6) is 0 Å². The van der Waals surface area contributed by atoms with Crippen LogP contribution in [0.25, 0.3) is 0 Å². The van der Waals surface area contributed by atoms with Gasteiger partial charge in [-0.25, -0.2) is 0 Å². The Labute approximate surface area is 89.5 Å². The molecule has 0 spiro atoms. The summed E-state index contributed by atoms with van der Waals surface area (Å²) in [4.78, 5) is 11.6. The molecule has 0 bridgehead atoms. The zero-order chi connectivity index (χ0) is 10.8. The number of hydrogen-bond acceptors (Lipinski definition) is 3. The van der Waals surface area contributed by atoms with Crippen LogP contribution in [-0.2, 0) is 4.79 Å². The topological polar surface area (TPSA) is 75.4 Å². The molecule has 0 radical (unpaired) electrons. The Hall–Kier alpha value is -0.870. The lowest BCUT2D eigenvalue weighted by Crippen LogP contribution is -2.36. The quantitative estimate of drug-likeness (QED) is 0.561. The minimum absolute atomic E-state index is 0.00843. The average molecular weight is 210 g/mol. The first-order chi connectivity index (χ1) is 7.16. The first-order valence-electron chi connectivity index (χ1n) is 5.56. The summed E-state index contributed by atoms with van der Waals surface area (Å²) in [7, 11) is 0. The first kappa shape index (κ1) is 10.6. The van der Waals surface area contributed by atoms with Gasteiger partial charge >= 0.3 is 0 Å². The van der Waals surface area contributed by atoms with E-state index in [9.17, 15) is 9.90 Å². The van der Waals surface area contributed by atoms with Crippen molar-refractivity contribution in [3.8, 4) is 0 Å². The fourth-order valence-corrected chi connectivity index (χ4v) is 1.91. The van der Waals surface area contributed by atoms with Gasteiger partial charge in [0, 0.05) is 12.6 Å². The predicted octanol–water partition coefficient (Wildman–Crippen LogP) is -0.223. The van der Waals surface area contributed by atoms with Crippen LogP contribution in [0.1, 0.15) is 19.3 Å². The molecule has 2 aliphatic rings. The van der Waals surface area contributed by atoms with E-state index in [1.807, 2.05) is 12.2 Å². The van der Waals surface area contributed by atoms with Gasteiger partial charge in [-0.1, -0.05) is 12.2 Å². The zero-order valence-electron chi connectivity index (χ0n) is 8.73. The van der Waals surface area contributed by atoms with Gasteiger partial charge < -0.3 is 16.2 Å². The van der Waals surface area contributed by atoms with E-state index in [1.165, 1.54) is 0 Å². The Morgan fingerprint density at radius 3 is 2.80 bits per heavy atom. The van der Waals surface area contributed by atoms with E-state index in [0.717, 1.165) is 12.8 Å². The fraction of sp³-hybridized carbons (Fsp3) is 0.727. The third kappa shape index (κ3) is 2.79. The van der Waals surface area contributed by atoms with Crippen LogP contribution < -0.4 is 11.1 Å². The number of rotatable bonds is 4. The highest BCUT2D eigenvalue weighted by atomic mass is 16.3. The number of carbonyl (C=O) groups is 1. The summed E-state index contributed by atoms with van der Waals surface area (Å²) in [5.74, 6) is 0.289. The second-order valence-corrected chi connectivity index (χ2v) is 4.54. The van der Waals surface area contributed by atoms with E-state index in [2.05, 4.69) is 5.32 Å². The Balaban J connectivity index is 1.70. The molecule has 1 saturated carbocycles. The van der Waals surface area contributed by atoms with Crippen LogP contribution >= 0.6 is 0 Å². The maximum absolute atomic E-state index is 11.6. The first-order valence-corrected chi connectivity index (χ1v) is 5.56. The number of aliphatic hydroxyl groups excluding tert-OH is 1. The molecule has 1 fully saturated rings. The summed E-state index contributed by atoms with van der Waals surface area (Å²) < 4.78 is 0. The van der Waals surface area contributed by atoms with Crippen molar-refractivity contribution in [2.45, 2.75) is 31.4 Å². The SMILES string of the molecule is NC1C=CC(C(=O)NCC(O)C2CC2)C1. The molecule has 0 aromatic carbocycles. The van der Waals surface area contributed by atoms with Crippen LogP contribution in [0.4, 0.5) is 0 Å². The molecule has 2 aliphatic carbocycles. The van der Waals surface area contributed by atoms with Gasteiger partial charge in [0.1, 0.15) is 0 Å². The van der Waals surface area contributed by atoms with Gasteiger partial charge in [0.15, 0.2) is 0 Å². The number of nitrogens with two attached hydrogens (primary N) is 1. The molecule has 3 atom stereocenters. The predicted molar refractivity (Wildman–Crippen MR) is 57.0 cm³/mol. The monoisotopic (exact) mass is 210 g/mol. The largest absolute Gasteiger partial charge is 0.391 e. The number of nitrogens with one attached hydrogen (secondary N) is 1. The van der Waals surface area contributed by atoms with Gasteiger partial charge in [-0.2, -0.15) is 0 Å². The molecule has 3 unspecified atom stereocenters. The highest BCUT2D eigenvalue weighted by Gasteiger charge is 2.30. The summed E-state index contributed by atoms with van der Waals surface area (Å²) in [5.41, 5.74) is 5.66. The van der Waals surface area contributed by atoms with Crippen molar-refractivity contribution in [2.75, 3.05) is 6.54 Å². The molecular formula is C11H18N2O2. The smallest absolute Gasteiger partial charge is 0.227 e. The van der Waals surface area contributed by atoms with Crippen molar-refractivity contribution in [3.05, 3.63) is 12.2 Å². The van der Waals surface area contributed by atoms with E-state index < -0.39 is 0 Å². The zero-order valence-corrected chi connectivity index (χ0v) is 8.73. The van der Waals surface area contributed by atoms with Gasteiger partial charge in [0.25, 0.3) is 0 Å². The van der Waals surface area contributed by atoms with Crippen molar-refractivity contribution in [1.29, 1.82) is 0 Å². The highest BCUT2D eigenvalue weighted by Crippen LogP contribution is 2.32. The van der Waals surface area contributed by atoms with Crippen molar-refractivity contribution in [3.63, 3.8) is 0 Å². The normalized spacial score (nSPS) is 31.6. The lowest BCUT2D eigenvalue weighted by Gasteiger charge is -2.13. The summed E-state index contributed by atoms with van der Waals surface area (Å²) in [5, 5.41) is 12.3. The second-order valence-electron chi connectivity index (χ2n) is 4.54. The molecular weight excluding hydrogens is 192 g/mol. The van der Waals surface area contributed by atoms with Gasteiger partial charge in [-0.3, -0.25) is 4.79 Å². The lowest BCUT2D eigenvalue weighted by molar-refractivity contribution is -0.124. The van der Waals surface area contributed by atoms with Crippen molar-refractivity contribution >= 4 is 5.91 Å². The number of aliphatic hydroxyl groups is 1. The molecule has 84 valence electrons. The Bertz CT molecular complexity index is 274. The molecule has 4 N–H and O–H groups in total. The Kier molecular flexibility index (Phi) is 3.07. The molecule has 2 rings (SSSR count). The molecule has 4 heteroatoms. The third-order valence-corrected chi connectivity index (χ3v) is 3.11. The van der Waals surface area contributed by atoms with Crippen LogP contribution in [0.3, 0.4) is 0 Å². The number of hydrogen-bond donors (Lipinski definition) is 3. The average Bonchev–Trinajstić information content (AvgIpc) is 2.97. The highest BCUT2D eigenvalue weighted by molar-refractivity contribution is 5.81. The van der Waals surface area contributed by atoms with Crippen molar-refractivity contribution < 1.29 is 9.90 Å². The molecule has 0 aliphatic heterocycles. The van der Waals surface area contributed by atoms with Crippen LogP contribution in [-0.4, -0.2) is 29.7 Å². The standard InChI is InChI=1S/C11H18N2O2/c12-9-4-3-8(5-9)11(15)13-6-10(14)7-1-2-7/h3-4,7-10,14H,1-2,5-6,12H2,(H,13,15). The maximum atomic E-state index is 11.6. The van der Waals surface area contributed by atoms with Gasteiger partial charge in [-0.15, -0.1) is 0 Å². The van der Waals surface area contributed by atoms with E-state index in [-0.39, 0.29) is 24.0 Å². The van der Waals surface area contributed by atoms with Crippen LogP contribution in [0, 0.1) is 11.8 Å². The van der Waals surface area contributed by atoms with Gasteiger partial charge in [-0.05, 0) is 25.2 Å². The van der Waals surface area contributed by atoms with Crippen LogP contribution in [0.15, 0.2) is 12.2 Å². The minimum Gasteiger partial charge on any atom is -0.391 e. The Morgan fingerprint density at radius 1 is 1.53 bits per heavy atom. The summed E-state index contributed by atoms with van der Waals surface area (Å²) in [6, 6.07) is 0.00843. The number of amides is 1. The van der Waals surface area contributed by atoms with Gasteiger partial charge in [0.2, 0.25) is 5.91 Å². The Morgan fingerprint density at radius 2 is 2.27 bits per heavy atom. The molecule has 0 aromatic heterocycles. The van der Waals surface area contributed by atoms with Gasteiger partial charge in [0.05, 0.1) is 12.0 Å². The summed E-state index contributed by atoms with van der Waals surface area (Å²) in [6.45, 7) is 0.378. The minimum atomic E-state index is -0.368. The van der Waals surface area contributed by atoms with E-state index in [1.54, 1.807) is 0 Å². The second kappa shape index (κ2) is 4.33. The van der Waals surface area contributed by atoms with Crippen LogP contribution in [0.2, 0.25) is 0 Å². The van der Waals surface area contributed by atoms with E-state index in [4.69, 9.17) is 5.73 Å². The molecule has 1 amide bonds. The van der Waals surface area contributed by atoms with Crippen molar-refractivity contribution in [2.24, 2.45) is 17.6 Å². The van der Waals surface area contributed by atoms with E-state index >= 15 is 0 Å². The molecule has 0 heterocycles. The molecule has 0 aromatic rings. The van der Waals surface area contributed by atoms with E-state index in [0.29, 0.717) is 18.9 Å². The summed E-state index contributed by atoms with van der Waals surface area (Å²) >= 11 is 0. The number of carbonyl (C=O) groups excluding carboxylic acids is 1. The summed E-state index contributed by atoms with van der Waals surface area (Å²) in [6.07, 6.45) is 6.21. The third-order valence-electron chi connectivity index (χ3n) is 3.11. The molecule has 15 heavy (non-hydrogen) atoms. The lowest BCUT2D eigenvalue weighted by atomic mass is 10.1.